The van der Waals surface area contributed by atoms with E-state index >= 15 is 0 Å². The summed E-state index contributed by atoms with van der Waals surface area (Å²) in [7, 11) is 0. The minimum absolute atomic E-state index is 0.403. The molecule has 4 nitrogen and oxygen atoms in total. The van der Waals surface area contributed by atoms with Crippen molar-refractivity contribution in [1.82, 2.24) is 4.98 Å². The van der Waals surface area contributed by atoms with Crippen LogP contribution in [0.15, 0.2) is 66.9 Å². The van der Waals surface area contributed by atoms with E-state index in [0.717, 1.165) is 29.1 Å². The van der Waals surface area contributed by atoms with Crippen molar-refractivity contribution in [3.8, 4) is 5.75 Å². The van der Waals surface area contributed by atoms with Crippen molar-refractivity contribution < 1.29 is 4.74 Å². The van der Waals surface area contributed by atoms with E-state index in [4.69, 9.17) is 10.1 Å². The topological polar surface area (TPSA) is 58.0 Å². The number of benzene rings is 2. The number of rotatable bonds is 8. The van der Waals surface area contributed by atoms with E-state index < -0.39 is 0 Å². The van der Waals surface area contributed by atoms with Crippen molar-refractivity contribution in [2.75, 3.05) is 11.9 Å². The van der Waals surface area contributed by atoms with Gasteiger partial charge in [0.1, 0.15) is 18.2 Å². The van der Waals surface area contributed by atoms with E-state index in [1.54, 1.807) is 6.20 Å². The quantitative estimate of drug-likeness (QED) is 0.516. The summed E-state index contributed by atoms with van der Waals surface area (Å²) in [6.45, 7) is 7.66. The summed E-state index contributed by atoms with van der Waals surface area (Å²) < 4.78 is 6.10. The summed E-state index contributed by atoms with van der Waals surface area (Å²) in [4.78, 5) is 4.44. The molecule has 1 heterocycles. The third kappa shape index (κ3) is 4.77. The lowest BCUT2D eigenvalue weighted by Gasteiger charge is -2.16. The first-order valence-electron chi connectivity index (χ1n) is 9.60. The molecule has 2 N–H and O–H groups in total. The largest absolute Gasteiger partial charge is 0.488 e. The number of ether oxygens (including phenoxy) is 1. The molecule has 3 rings (SSSR count). The van der Waals surface area contributed by atoms with Crippen molar-refractivity contribution in [1.29, 1.82) is 5.41 Å². The van der Waals surface area contributed by atoms with E-state index in [0.29, 0.717) is 24.0 Å². The number of aryl methyl sites for hydroxylation is 1. The van der Waals surface area contributed by atoms with Gasteiger partial charge in [-0.05, 0) is 48.2 Å². The van der Waals surface area contributed by atoms with Gasteiger partial charge in [-0.15, -0.1) is 0 Å². The van der Waals surface area contributed by atoms with Gasteiger partial charge in [0, 0.05) is 23.9 Å². The Balaban J connectivity index is 1.85. The van der Waals surface area contributed by atoms with Gasteiger partial charge in [-0.3, -0.25) is 5.41 Å². The van der Waals surface area contributed by atoms with E-state index in [1.807, 2.05) is 48.5 Å². The van der Waals surface area contributed by atoms with Crippen LogP contribution < -0.4 is 10.1 Å². The molecule has 28 heavy (non-hydrogen) atoms. The van der Waals surface area contributed by atoms with Crippen LogP contribution in [0, 0.1) is 18.3 Å². The van der Waals surface area contributed by atoms with Crippen LogP contribution in [0.1, 0.15) is 36.1 Å². The first kappa shape index (κ1) is 19.6. The maximum absolute atomic E-state index is 8.80. The second-order valence-corrected chi connectivity index (χ2v) is 7.26. The van der Waals surface area contributed by atoms with Crippen LogP contribution in [-0.4, -0.2) is 17.2 Å². The lowest BCUT2D eigenvalue weighted by molar-refractivity contribution is 0.305. The third-order valence-corrected chi connectivity index (χ3v) is 4.56. The SMILES string of the molecule is Cc1ccccc1COc1ccccc1C(=N)c1cccnc1NCC(C)C. The van der Waals surface area contributed by atoms with Gasteiger partial charge in [0.15, 0.2) is 0 Å². The number of para-hydroxylation sites is 1. The second-order valence-electron chi connectivity index (χ2n) is 7.26. The molecule has 0 aliphatic carbocycles. The Morgan fingerprint density at radius 3 is 2.50 bits per heavy atom. The molecule has 0 bridgehead atoms. The summed E-state index contributed by atoms with van der Waals surface area (Å²) in [6.07, 6.45) is 1.75. The molecule has 0 spiro atoms. The lowest BCUT2D eigenvalue weighted by atomic mass is 10.0. The van der Waals surface area contributed by atoms with Gasteiger partial charge < -0.3 is 10.1 Å². The zero-order valence-electron chi connectivity index (χ0n) is 16.7. The van der Waals surface area contributed by atoms with Crippen molar-refractivity contribution >= 4 is 11.5 Å². The summed E-state index contributed by atoms with van der Waals surface area (Å²) in [5, 5.41) is 12.2. The van der Waals surface area contributed by atoms with E-state index in [2.05, 4.69) is 43.2 Å². The Morgan fingerprint density at radius 1 is 1.00 bits per heavy atom. The monoisotopic (exact) mass is 373 g/mol. The van der Waals surface area contributed by atoms with Crippen LogP contribution in [0.5, 0.6) is 5.75 Å². The van der Waals surface area contributed by atoms with Gasteiger partial charge in [0.25, 0.3) is 0 Å². The first-order chi connectivity index (χ1) is 13.6. The molecule has 3 aromatic rings. The number of anilines is 1. The van der Waals surface area contributed by atoms with Gasteiger partial charge in [-0.1, -0.05) is 50.2 Å². The number of hydrogen-bond donors (Lipinski definition) is 2. The highest BCUT2D eigenvalue weighted by molar-refractivity contribution is 6.15. The van der Waals surface area contributed by atoms with Crippen LogP contribution in [0.4, 0.5) is 5.82 Å². The summed E-state index contributed by atoms with van der Waals surface area (Å²) in [5.74, 6) is 1.93. The molecule has 0 fully saturated rings. The van der Waals surface area contributed by atoms with Crippen LogP contribution in [0.2, 0.25) is 0 Å². The van der Waals surface area contributed by atoms with Crippen molar-refractivity contribution in [3.05, 3.63) is 89.1 Å². The smallest absolute Gasteiger partial charge is 0.135 e. The number of nitrogens with zero attached hydrogens (tertiary/aromatic N) is 1. The van der Waals surface area contributed by atoms with Gasteiger partial charge in [0.2, 0.25) is 0 Å². The molecule has 0 aliphatic rings. The summed E-state index contributed by atoms with van der Waals surface area (Å²) >= 11 is 0. The molecule has 0 unspecified atom stereocenters. The Morgan fingerprint density at radius 2 is 1.71 bits per heavy atom. The second kappa shape index (κ2) is 9.18. The molecular formula is C24H27N3O. The molecule has 0 atom stereocenters. The molecule has 0 saturated carbocycles. The van der Waals surface area contributed by atoms with Gasteiger partial charge >= 0.3 is 0 Å². The van der Waals surface area contributed by atoms with Gasteiger partial charge in [0.05, 0.1) is 5.71 Å². The van der Waals surface area contributed by atoms with Crippen LogP contribution in [0.3, 0.4) is 0 Å². The Bertz CT molecular complexity index is 950. The Hall–Kier alpha value is -3.14. The summed E-state index contributed by atoms with van der Waals surface area (Å²) in [5.41, 5.74) is 4.28. The van der Waals surface area contributed by atoms with E-state index in [9.17, 15) is 0 Å². The highest BCUT2D eigenvalue weighted by atomic mass is 16.5. The lowest BCUT2D eigenvalue weighted by Crippen LogP contribution is -2.14. The maximum atomic E-state index is 8.80. The molecule has 0 radical (unpaired) electrons. The number of pyridine rings is 1. The van der Waals surface area contributed by atoms with Crippen molar-refractivity contribution in [2.45, 2.75) is 27.4 Å². The minimum atomic E-state index is 0.403. The fourth-order valence-corrected chi connectivity index (χ4v) is 2.92. The highest BCUT2D eigenvalue weighted by Gasteiger charge is 2.15. The standard InChI is InChI=1S/C24H27N3O/c1-17(2)15-27-24-21(12-8-14-26-24)23(25)20-11-6-7-13-22(20)28-16-19-10-5-4-9-18(19)3/h4-14,17,25H,15-16H2,1-3H3,(H,26,27). The molecule has 4 heteroatoms. The zero-order chi connectivity index (χ0) is 19.9. The average Bonchev–Trinajstić information content (AvgIpc) is 2.71. The maximum Gasteiger partial charge on any atom is 0.135 e. The van der Waals surface area contributed by atoms with E-state index in [1.165, 1.54) is 5.56 Å². The highest BCUT2D eigenvalue weighted by Crippen LogP contribution is 2.25. The predicted molar refractivity (Wildman–Crippen MR) is 115 cm³/mol. The normalized spacial score (nSPS) is 10.7. The molecule has 0 saturated heterocycles. The van der Waals surface area contributed by atoms with Crippen LogP contribution >= 0.6 is 0 Å². The number of hydrogen-bond acceptors (Lipinski definition) is 4. The molecule has 0 amide bonds. The number of aromatic nitrogens is 1. The van der Waals surface area contributed by atoms with Crippen LogP contribution in [0.25, 0.3) is 0 Å². The molecular weight excluding hydrogens is 346 g/mol. The molecule has 0 aliphatic heterocycles. The molecule has 2 aromatic carbocycles. The van der Waals surface area contributed by atoms with E-state index in [-0.39, 0.29) is 0 Å². The van der Waals surface area contributed by atoms with Gasteiger partial charge in [-0.2, -0.15) is 0 Å². The van der Waals surface area contributed by atoms with Crippen LogP contribution in [-0.2, 0) is 6.61 Å². The molecule has 144 valence electrons. The predicted octanol–water partition coefficient (Wildman–Crippen LogP) is 5.45. The zero-order valence-corrected chi connectivity index (χ0v) is 16.7. The molecule has 1 aromatic heterocycles. The minimum Gasteiger partial charge on any atom is -0.488 e. The number of nitrogens with one attached hydrogen (secondary N) is 2. The Kier molecular flexibility index (Phi) is 6.43. The fourth-order valence-electron chi connectivity index (χ4n) is 2.92. The Labute approximate surface area is 167 Å². The first-order valence-corrected chi connectivity index (χ1v) is 9.60. The summed E-state index contributed by atoms with van der Waals surface area (Å²) in [6, 6.07) is 19.7. The third-order valence-electron chi connectivity index (χ3n) is 4.56. The van der Waals surface area contributed by atoms with Crippen molar-refractivity contribution in [2.24, 2.45) is 5.92 Å². The average molecular weight is 374 g/mol. The van der Waals surface area contributed by atoms with Crippen molar-refractivity contribution in [3.63, 3.8) is 0 Å². The van der Waals surface area contributed by atoms with Gasteiger partial charge in [-0.25, -0.2) is 4.98 Å². The fraction of sp³-hybridized carbons (Fsp3) is 0.250.